The van der Waals surface area contributed by atoms with E-state index in [0.29, 0.717) is 0 Å². The number of rotatable bonds is 1. The lowest BCUT2D eigenvalue weighted by Gasteiger charge is -2.41. The van der Waals surface area contributed by atoms with Crippen molar-refractivity contribution in [3.05, 3.63) is 41.3 Å². The molecule has 2 bridgehead atoms. The van der Waals surface area contributed by atoms with Gasteiger partial charge < -0.3 is 4.90 Å². The predicted molar refractivity (Wildman–Crippen MR) is 63.7 cm³/mol. The fourth-order valence-electron chi connectivity index (χ4n) is 2.63. The molecular weight excluding hydrogens is 217 g/mol. The van der Waals surface area contributed by atoms with Crippen LogP contribution >= 0.6 is 0 Å². The first kappa shape index (κ1) is 10.5. The van der Waals surface area contributed by atoms with Crippen molar-refractivity contribution in [3.8, 4) is 0 Å². The van der Waals surface area contributed by atoms with Crippen molar-refractivity contribution in [2.24, 2.45) is 5.92 Å². The molecule has 0 aromatic heterocycles. The van der Waals surface area contributed by atoms with Crippen LogP contribution in [-0.4, -0.2) is 23.8 Å². The van der Waals surface area contributed by atoms with Crippen molar-refractivity contribution in [3.63, 3.8) is 0 Å². The monoisotopic (exact) mass is 231 g/mol. The largest absolute Gasteiger partial charge is 0.369 e. The number of ketones is 1. The van der Waals surface area contributed by atoms with Crippen molar-refractivity contribution >= 4 is 11.9 Å². The van der Waals surface area contributed by atoms with E-state index < -0.39 is 0 Å². The number of hydrogen-bond acceptors (Lipinski definition) is 2. The van der Waals surface area contributed by atoms with Gasteiger partial charge in [0.25, 0.3) is 0 Å². The van der Waals surface area contributed by atoms with E-state index in [1.807, 2.05) is 6.08 Å². The van der Waals surface area contributed by atoms with Gasteiger partial charge in [0.1, 0.15) is 5.82 Å². The van der Waals surface area contributed by atoms with Gasteiger partial charge >= 0.3 is 0 Å². The summed E-state index contributed by atoms with van der Waals surface area (Å²) >= 11 is 0. The number of carbonyl (C=O) groups is 1. The van der Waals surface area contributed by atoms with E-state index in [2.05, 4.69) is 4.90 Å². The minimum atomic E-state index is -0.246. The summed E-state index contributed by atoms with van der Waals surface area (Å²) in [7, 11) is 0. The molecule has 3 saturated heterocycles. The lowest BCUT2D eigenvalue weighted by molar-refractivity contribution is -0.125. The van der Waals surface area contributed by atoms with E-state index in [9.17, 15) is 9.18 Å². The van der Waals surface area contributed by atoms with Crippen LogP contribution in [0.15, 0.2) is 30.0 Å². The normalized spacial score (nSPS) is 22.5. The Hall–Kier alpha value is -1.64. The topological polar surface area (TPSA) is 20.3 Å². The highest BCUT2D eigenvalue weighted by atomic mass is 19.1. The maximum Gasteiger partial charge on any atom is 0.182 e. The van der Waals surface area contributed by atoms with Gasteiger partial charge in [0.15, 0.2) is 5.78 Å². The fourth-order valence-corrected chi connectivity index (χ4v) is 2.63. The summed E-state index contributed by atoms with van der Waals surface area (Å²) < 4.78 is 12.8. The molecule has 0 aliphatic carbocycles. The van der Waals surface area contributed by atoms with Crippen LogP contribution in [0.5, 0.6) is 0 Å². The number of halogens is 1. The van der Waals surface area contributed by atoms with Crippen LogP contribution in [0, 0.1) is 11.7 Å². The van der Waals surface area contributed by atoms with Gasteiger partial charge in [0.05, 0.1) is 5.70 Å². The Morgan fingerprint density at radius 1 is 1.18 bits per heavy atom. The molecule has 1 aromatic rings. The molecule has 3 heterocycles. The maximum absolute atomic E-state index is 12.8. The molecule has 0 N–H and O–H groups in total. The van der Waals surface area contributed by atoms with Crippen LogP contribution in [0.4, 0.5) is 4.39 Å². The van der Waals surface area contributed by atoms with Crippen molar-refractivity contribution in [2.45, 2.75) is 12.8 Å². The SMILES string of the molecule is O=C1C(=Cc2ccc(F)cc2)N2CCC1CC2. The first-order valence-corrected chi connectivity index (χ1v) is 6.00. The third-order valence-electron chi connectivity index (χ3n) is 3.63. The van der Waals surface area contributed by atoms with Gasteiger partial charge in [-0.1, -0.05) is 12.1 Å². The Kier molecular flexibility index (Phi) is 2.46. The molecule has 3 fully saturated rings. The van der Waals surface area contributed by atoms with E-state index in [1.165, 1.54) is 12.1 Å². The molecule has 0 saturated carbocycles. The minimum absolute atomic E-state index is 0.215. The number of fused-ring (bicyclic) bond motifs is 3. The molecule has 1 aromatic carbocycles. The molecule has 0 spiro atoms. The first-order valence-electron chi connectivity index (χ1n) is 6.00. The van der Waals surface area contributed by atoms with Gasteiger partial charge in [-0.2, -0.15) is 0 Å². The van der Waals surface area contributed by atoms with E-state index in [-0.39, 0.29) is 17.5 Å². The molecule has 3 heteroatoms. The second kappa shape index (κ2) is 3.99. The highest BCUT2D eigenvalue weighted by molar-refractivity contribution is 6.01. The Bertz CT molecular complexity index is 470. The minimum Gasteiger partial charge on any atom is -0.369 e. The standard InChI is InChI=1S/C14H14FNO/c15-12-3-1-10(2-4-12)9-13-14(17)11-5-7-16(13)8-6-11/h1-4,9,11H,5-8H2. The molecular formula is C14H14FNO. The highest BCUT2D eigenvalue weighted by Gasteiger charge is 2.36. The first-order chi connectivity index (χ1) is 8.24. The number of benzene rings is 1. The molecule has 0 atom stereocenters. The summed E-state index contributed by atoms with van der Waals surface area (Å²) in [6, 6.07) is 6.26. The molecule has 0 amide bonds. The molecule has 2 nitrogen and oxygen atoms in total. The zero-order valence-electron chi connectivity index (χ0n) is 9.53. The Morgan fingerprint density at radius 2 is 1.82 bits per heavy atom. The average molecular weight is 231 g/mol. The summed E-state index contributed by atoms with van der Waals surface area (Å²) in [5.41, 5.74) is 1.70. The second-order valence-electron chi connectivity index (χ2n) is 4.71. The van der Waals surface area contributed by atoms with Crippen LogP contribution in [-0.2, 0) is 4.79 Å². The van der Waals surface area contributed by atoms with Gasteiger partial charge in [0.2, 0.25) is 0 Å². The average Bonchev–Trinajstić information content (AvgIpc) is 2.37. The fraction of sp³-hybridized carbons (Fsp3) is 0.357. The molecule has 88 valence electrons. The maximum atomic E-state index is 12.8. The van der Waals surface area contributed by atoms with Crippen LogP contribution < -0.4 is 0 Å². The molecule has 3 aliphatic rings. The van der Waals surface area contributed by atoms with Crippen molar-refractivity contribution in [1.29, 1.82) is 0 Å². The number of allylic oxidation sites excluding steroid dienone is 1. The lowest BCUT2D eigenvalue weighted by atomic mass is 9.84. The van der Waals surface area contributed by atoms with Gasteiger partial charge in [0, 0.05) is 19.0 Å². The third-order valence-corrected chi connectivity index (χ3v) is 3.63. The van der Waals surface area contributed by atoms with Crippen LogP contribution in [0.25, 0.3) is 6.08 Å². The predicted octanol–water partition coefficient (Wildman–Crippen LogP) is 2.46. The zero-order valence-corrected chi connectivity index (χ0v) is 9.53. The Balaban J connectivity index is 1.93. The molecule has 3 aliphatic heterocycles. The Labute approximate surface area is 99.7 Å². The molecule has 4 rings (SSSR count). The smallest absolute Gasteiger partial charge is 0.182 e. The highest BCUT2D eigenvalue weighted by Crippen LogP contribution is 2.32. The number of carbonyl (C=O) groups excluding carboxylic acids is 1. The summed E-state index contributed by atoms with van der Waals surface area (Å²) in [4.78, 5) is 14.2. The molecule has 0 radical (unpaired) electrons. The lowest BCUT2D eigenvalue weighted by Crippen LogP contribution is -2.45. The summed E-state index contributed by atoms with van der Waals surface area (Å²) in [5.74, 6) is 0.225. The summed E-state index contributed by atoms with van der Waals surface area (Å²) in [6.07, 6.45) is 3.85. The molecule has 17 heavy (non-hydrogen) atoms. The van der Waals surface area contributed by atoms with Crippen molar-refractivity contribution in [1.82, 2.24) is 4.90 Å². The van der Waals surface area contributed by atoms with Gasteiger partial charge in [-0.3, -0.25) is 4.79 Å². The zero-order chi connectivity index (χ0) is 11.8. The molecule has 0 unspecified atom stereocenters. The van der Waals surface area contributed by atoms with Gasteiger partial charge in [-0.15, -0.1) is 0 Å². The van der Waals surface area contributed by atoms with E-state index in [1.54, 1.807) is 12.1 Å². The van der Waals surface area contributed by atoms with Gasteiger partial charge in [-0.25, -0.2) is 4.39 Å². The van der Waals surface area contributed by atoms with Crippen LogP contribution in [0.2, 0.25) is 0 Å². The number of Topliss-reactive ketones (excluding diaryl/α,β-unsaturated/α-hetero) is 1. The van der Waals surface area contributed by atoms with Gasteiger partial charge in [-0.05, 0) is 36.6 Å². The van der Waals surface area contributed by atoms with Crippen molar-refractivity contribution < 1.29 is 9.18 Å². The summed E-state index contributed by atoms with van der Waals surface area (Å²) in [6.45, 7) is 1.95. The van der Waals surface area contributed by atoms with Crippen LogP contribution in [0.1, 0.15) is 18.4 Å². The van der Waals surface area contributed by atoms with Crippen molar-refractivity contribution in [2.75, 3.05) is 13.1 Å². The van der Waals surface area contributed by atoms with E-state index in [0.717, 1.165) is 37.2 Å². The van der Waals surface area contributed by atoms with E-state index in [4.69, 9.17) is 0 Å². The van der Waals surface area contributed by atoms with Crippen LogP contribution in [0.3, 0.4) is 0 Å². The summed E-state index contributed by atoms with van der Waals surface area (Å²) in [5, 5.41) is 0. The quantitative estimate of drug-likeness (QED) is 0.692. The Morgan fingerprint density at radius 3 is 2.41 bits per heavy atom. The number of nitrogens with zero attached hydrogens (tertiary/aromatic N) is 1. The number of piperidine rings is 3. The van der Waals surface area contributed by atoms with E-state index >= 15 is 0 Å². The third kappa shape index (κ3) is 1.86. The second-order valence-corrected chi connectivity index (χ2v) is 4.71. The number of hydrogen-bond donors (Lipinski definition) is 0.